The van der Waals surface area contributed by atoms with Gasteiger partial charge in [-0.25, -0.2) is 22.8 Å². The zero-order chi connectivity index (χ0) is 33.9. The van der Waals surface area contributed by atoms with Gasteiger partial charge in [0, 0.05) is 21.8 Å². The number of hydrogen-bond donors (Lipinski definition) is 4. The number of carbonyl (C=O) groups excluding carboxylic acids is 3. The molecule has 0 heterocycles. The predicted octanol–water partition coefficient (Wildman–Crippen LogP) is 4.93. The first-order chi connectivity index (χ1) is 20.0. The van der Waals surface area contributed by atoms with Gasteiger partial charge in [-0.15, -0.1) is 0 Å². The Bertz CT molecular complexity index is 1390. The normalized spacial score (nSPS) is 12.8. The number of hydrogen-bond acceptors (Lipinski definition) is 8. The van der Waals surface area contributed by atoms with Gasteiger partial charge in [-0.1, -0.05) is 56.1 Å². The first-order valence-electron chi connectivity index (χ1n) is 13.3. The monoisotopic (exact) mass is 763 g/mol. The van der Waals surface area contributed by atoms with E-state index in [1.54, 1.807) is 77.9 Å². The quantitative estimate of drug-likeness (QED) is 0.276. The van der Waals surface area contributed by atoms with Crippen LogP contribution in [0.5, 0.6) is 0 Å². The molecule has 3 amide bonds. The van der Waals surface area contributed by atoms with E-state index in [2.05, 4.69) is 42.5 Å². The number of benzene rings is 2. The number of rotatable bonds is 9. The van der Waals surface area contributed by atoms with Crippen molar-refractivity contribution in [3.8, 4) is 0 Å². The highest BCUT2D eigenvalue weighted by molar-refractivity contribution is 9.10. The molecule has 4 N–H and O–H groups in total. The molecule has 0 saturated carbocycles. The Morgan fingerprint density at radius 3 is 1.39 bits per heavy atom. The molecule has 2 aromatic rings. The molecule has 44 heavy (non-hydrogen) atoms. The van der Waals surface area contributed by atoms with E-state index >= 15 is 0 Å². The number of carbonyl (C=O) groups is 4. The fourth-order valence-corrected chi connectivity index (χ4v) is 4.31. The van der Waals surface area contributed by atoms with Crippen LogP contribution in [0.3, 0.4) is 0 Å². The molecule has 0 aliphatic carbocycles. The molecule has 0 radical (unpaired) electrons. The van der Waals surface area contributed by atoms with Crippen molar-refractivity contribution < 1.29 is 42.2 Å². The number of ether oxygens (including phenoxy) is 2. The molecule has 0 unspecified atom stereocenters. The van der Waals surface area contributed by atoms with Crippen molar-refractivity contribution in [3.05, 3.63) is 68.6 Å². The van der Waals surface area contributed by atoms with Crippen LogP contribution in [0.25, 0.3) is 0 Å². The molecule has 0 bridgehead atoms. The van der Waals surface area contributed by atoms with E-state index < -0.39 is 57.4 Å². The number of carboxylic acids is 1. The second-order valence-electron chi connectivity index (χ2n) is 11.6. The maximum absolute atomic E-state index is 12.2. The van der Waals surface area contributed by atoms with E-state index in [1.807, 2.05) is 16.9 Å². The first kappa shape index (κ1) is 38.9. The van der Waals surface area contributed by atoms with Crippen LogP contribution in [0.1, 0.15) is 52.7 Å². The van der Waals surface area contributed by atoms with Gasteiger partial charge in [-0.3, -0.25) is 9.52 Å². The molecule has 12 nitrogen and oxygen atoms in total. The van der Waals surface area contributed by atoms with Crippen molar-refractivity contribution in [1.29, 1.82) is 0 Å². The minimum atomic E-state index is -3.74. The number of aliphatic carboxylic acids is 1. The van der Waals surface area contributed by atoms with Crippen molar-refractivity contribution in [2.24, 2.45) is 0 Å². The highest BCUT2D eigenvalue weighted by Crippen LogP contribution is 2.14. The maximum Gasteiger partial charge on any atom is 0.408 e. The zero-order valence-corrected chi connectivity index (χ0v) is 29.6. The summed E-state index contributed by atoms with van der Waals surface area (Å²) >= 11 is 6.61. The number of amides is 3. The van der Waals surface area contributed by atoms with E-state index in [0.29, 0.717) is 0 Å². The van der Waals surface area contributed by atoms with E-state index in [0.717, 1.165) is 26.3 Å². The van der Waals surface area contributed by atoms with Gasteiger partial charge in [0.1, 0.15) is 23.3 Å². The molecule has 0 aliphatic heterocycles. The Morgan fingerprint density at radius 1 is 0.727 bits per heavy atom. The van der Waals surface area contributed by atoms with E-state index in [-0.39, 0.29) is 12.8 Å². The third kappa shape index (κ3) is 17.8. The van der Waals surface area contributed by atoms with Crippen LogP contribution in [-0.2, 0) is 41.9 Å². The lowest BCUT2D eigenvalue weighted by molar-refractivity contribution is -0.139. The Hall–Kier alpha value is -3.17. The molecule has 2 rings (SSSR count). The van der Waals surface area contributed by atoms with Crippen LogP contribution in [0, 0.1) is 0 Å². The number of sulfonamides is 1. The van der Waals surface area contributed by atoms with Crippen LogP contribution in [0.2, 0.25) is 0 Å². The molecule has 0 spiro atoms. The minimum Gasteiger partial charge on any atom is -0.480 e. The molecule has 15 heteroatoms. The molecule has 2 atom stereocenters. The molecule has 244 valence electrons. The van der Waals surface area contributed by atoms with E-state index in [1.165, 1.54) is 0 Å². The molecule has 0 aromatic heterocycles. The van der Waals surface area contributed by atoms with Gasteiger partial charge in [0.25, 0.3) is 5.91 Å². The summed E-state index contributed by atoms with van der Waals surface area (Å²) in [5.74, 6) is -1.93. The number of halogens is 2. The predicted molar refractivity (Wildman–Crippen MR) is 173 cm³/mol. The Labute approximate surface area is 275 Å². The summed E-state index contributed by atoms with van der Waals surface area (Å²) in [4.78, 5) is 46.9. The van der Waals surface area contributed by atoms with Gasteiger partial charge >= 0.3 is 18.2 Å². The van der Waals surface area contributed by atoms with Gasteiger partial charge in [0.05, 0.1) is 6.26 Å². The largest absolute Gasteiger partial charge is 0.480 e. The number of alkyl carbamates (subject to hydrolysis) is 2. The van der Waals surface area contributed by atoms with Gasteiger partial charge in [0.2, 0.25) is 10.0 Å². The van der Waals surface area contributed by atoms with E-state index in [4.69, 9.17) is 14.6 Å². The fourth-order valence-electron chi connectivity index (χ4n) is 3.28. The van der Waals surface area contributed by atoms with Crippen molar-refractivity contribution in [3.63, 3.8) is 0 Å². The van der Waals surface area contributed by atoms with Crippen LogP contribution in [0.4, 0.5) is 9.59 Å². The minimum absolute atomic E-state index is 0.119. The van der Waals surface area contributed by atoms with Crippen molar-refractivity contribution in [2.45, 2.75) is 77.7 Å². The molecular weight excluding hydrogens is 726 g/mol. The van der Waals surface area contributed by atoms with Crippen LogP contribution >= 0.6 is 31.9 Å². The number of carboxylic acid groups (broad SMARTS) is 1. The van der Waals surface area contributed by atoms with Gasteiger partial charge in [-0.05, 0) is 76.9 Å². The van der Waals surface area contributed by atoms with Gasteiger partial charge in [-0.2, -0.15) is 0 Å². The third-order valence-corrected chi connectivity index (χ3v) is 6.62. The summed E-state index contributed by atoms with van der Waals surface area (Å²) in [6.07, 6.45) is -0.347. The SMILES string of the molecule is CC(C)(C)OC(=O)N[C@@H](Cc1ccc(Br)cc1)C(=O)NS(C)(=O)=O.CC(C)(C)OC(=O)N[C@@H](Cc1ccc(Br)cc1)C(=O)O. The van der Waals surface area contributed by atoms with Gasteiger partial charge < -0.3 is 25.2 Å². The Kier molecular flexibility index (Phi) is 14.8. The lowest BCUT2D eigenvalue weighted by Crippen LogP contribution is -2.50. The molecule has 0 fully saturated rings. The Morgan fingerprint density at radius 2 is 1.07 bits per heavy atom. The van der Waals surface area contributed by atoms with Gasteiger partial charge in [0.15, 0.2) is 0 Å². The second-order valence-corrected chi connectivity index (χ2v) is 15.2. The summed E-state index contributed by atoms with van der Waals surface area (Å²) in [6, 6.07) is 12.2. The van der Waals surface area contributed by atoms with Crippen molar-refractivity contribution in [2.75, 3.05) is 6.26 Å². The molecule has 0 aliphatic rings. The summed E-state index contributed by atoms with van der Waals surface area (Å²) in [5.41, 5.74) is 0.171. The average Bonchev–Trinajstić information content (AvgIpc) is 2.83. The van der Waals surface area contributed by atoms with Crippen molar-refractivity contribution in [1.82, 2.24) is 15.4 Å². The van der Waals surface area contributed by atoms with E-state index in [9.17, 15) is 27.6 Å². The maximum atomic E-state index is 12.2. The summed E-state index contributed by atoms with van der Waals surface area (Å²) < 4.78 is 36.4. The Balaban J connectivity index is 0.000000447. The average molecular weight is 766 g/mol. The van der Waals surface area contributed by atoms with Crippen LogP contribution < -0.4 is 15.4 Å². The number of nitrogens with one attached hydrogen (secondary N) is 3. The zero-order valence-electron chi connectivity index (χ0n) is 25.6. The van der Waals surface area contributed by atoms with Crippen molar-refractivity contribution >= 4 is 65.9 Å². The highest BCUT2D eigenvalue weighted by Gasteiger charge is 2.27. The molecule has 2 aromatic carbocycles. The fraction of sp³-hybridized carbons (Fsp3) is 0.448. The highest BCUT2D eigenvalue weighted by atomic mass is 79.9. The second kappa shape index (κ2) is 16.8. The topological polar surface area (TPSA) is 177 Å². The molecular formula is C29H39Br2N3O9S. The molecule has 0 saturated heterocycles. The van der Waals surface area contributed by atoms with Crippen LogP contribution in [-0.4, -0.2) is 67.1 Å². The lowest BCUT2D eigenvalue weighted by atomic mass is 10.1. The summed E-state index contributed by atoms with van der Waals surface area (Å²) in [6.45, 7) is 10.2. The standard InChI is InChI=1S/C15H21BrN2O5S.C14H18BrNO4/c1-15(2,3)23-14(20)17-12(13(19)18-24(4,21)22)9-10-5-7-11(16)8-6-10;1-14(2,3)20-13(19)16-11(12(17)18)8-9-4-6-10(15)7-5-9/h5-8,12H,9H2,1-4H3,(H,17,20)(H,18,19);4-7,11H,8H2,1-3H3,(H,16,19)(H,17,18)/t12-;11-/m00/s1. The summed E-state index contributed by atoms with van der Waals surface area (Å²) in [7, 11) is -3.74. The lowest BCUT2D eigenvalue weighted by Gasteiger charge is -2.23. The van der Waals surface area contributed by atoms with Crippen LogP contribution in [0.15, 0.2) is 57.5 Å². The summed E-state index contributed by atoms with van der Waals surface area (Å²) in [5, 5.41) is 13.9. The smallest absolute Gasteiger partial charge is 0.408 e. The third-order valence-electron chi connectivity index (χ3n) is 4.99. The first-order valence-corrected chi connectivity index (χ1v) is 16.7.